The van der Waals surface area contributed by atoms with Gasteiger partial charge in [0.2, 0.25) is 0 Å². The van der Waals surface area contributed by atoms with Crippen LogP contribution in [0.5, 0.6) is 0 Å². The van der Waals surface area contributed by atoms with Gasteiger partial charge in [0.15, 0.2) is 5.82 Å². The molecule has 212 valence electrons. The van der Waals surface area contributed by atoms with E-state index in [-0.39, 0.29) is 37.5 Å². The molecule has 2 heterocycles. The minimum absolute atomic E-state index is 0.107. The second-order valence-electron chi connectivity index (χ2n) is 9.13. The average molecular weight is 559 g/mol. The highest BCUT2D eigenvalue weighted by atomic mass is 19.4. The second-order valence-corrected chi connectivity index (χ2v) is 9.13. The summed E-state index contributed by atoms with van der Waals surface area (Å²) in [6, 6.07) is 10.8. The maximum Gasteiger partial charge on any atom is 0.416 e. The van der Waals surface area contributed by atoms with E-state index in [1.165, 1.54) is 0 Å². The number of alkyl halides is 6. The van der Waals surface area contributed by atoms with Crippen LogP contribution in [0.4, 0.5) is 26.3 Å². The molecule has 1 aromatic heterocycles. The van der Waals surface area contributed by atoms with E-state index in [2.05, 4.69) is 30.4 Å². The van der Waals surface area contributed by atoms with Crippen molar-refractivity contribution in [1.29, 1.82) is 0 Å². The van der Waals surface area contributed by atoms with Crippen LogP contribution in [-0.4, -0.2) is 76.4 Å². The van der Waals surface area contributed by atoms with Gasteiger partial charge in [-0.3, -0.25) is 9.80 Å². The molecule has 1 aliphatic heterocycles. The van der Waals surface area contributed by atoms with Gasteiger partial charge in [-0.1, -0.05) is 30.3 Å². The lowest BCUT2D eigenvalue weighted by Crippen LogP contribution is -2.49. The highest BCUT2D eigenvalue weighted by Gasteiger charge is 2.37. The summed E-state index contributed by atoms with van der Waals surface area (Å²) in [6.07, 6.45) is -9.80. The zero-order valence-electron chi connectivity index (χ0n) is 20.9. The molecular weight excluding hydrogens is 530 g/mol. The Kier molecular flexibility index (Phi) is 9.53. The Morgan fingerprint density at radius 3 is 2.10 bits per heavy atom. The van der Waals surface area contributed by atoms with Gasteiger partial charge in [-0.2, -0.15) is 26.3 Å². The minimum Gasteiger partial charge on any atom is -0.375 e. The van der Waals surface area contributed by atoms with Crippen LogP contribution in [0.2, 0.25) is 0 Å². The van der Waals surface area contributed by atoms with Gasteiger partial charge in [-0.15, -0.1) is 5.10 Å². The Morgan fingerprint density at radius 2 is 1.51 bits per heavy atom. The summed E-state index contributed by atoms with van der Waals surface area (Å²) in [6.45, 7) is 4.18. The van der Waals surface area contributed by atoms with Crippen molar-refractivity contribution in [3.05, 3.63) is 76.6 Å². The Hall–Kier alpha value is -3.07. The first-order valence-corrected chi connectivity index (χ1v) is 12.3. The number of ether oxygens (including phenoxy) is 2. The van der Waals surface area contributed by atoms with Crippen LogP contribution in [0.15, 0.2) is 48.5 Å². The molecule has 1 saturated heterocycles. The van der Waals surface area contributed by atoms with E-state index < -0.39 is 23.5 Å². The summed E-state index contributed by atoms with van der Waals surface area (Å²) >= 11 is 0. The van der Waals surface area contributed by atoms with Crippen molar-refractivity contribution in [3.63, 3.8) is 0 Å². The summed E-state index contributed by atoms with van der Waals surface area (Å²) < 4.78 is 90.6. The predicted molar refractivity (Wildman–Crippen MR) is 127 cm³/mol. The van der Waals surface area contributed by atoms with Crippen molar-refractivity contribution in [2.75, 3.05) is 45.9 Å². The van der Waals surface area contributed by atoms with Gasteiger partial charge in [0.25, 0.3) is 0 Å². The fraction of sp³-hybridized carbons (Fsp3) is 0.480. The number of hydrogen-bond acceptors (Lipinski definition) is 7. The summed E-state index contributed by atoms with van der Waals surface area (Å²) in [4.78, 5) is 4.46. The molecule has 8 nitrogen and oxygen atoms in total. The topological polar surface area (TPSA) is 79.4 Å². The maximum absolute atomic E-state index is 13.2. The number of hydrogen-bond donors (Lipinski definition) is 1. The number of tetrazole rings is 1. The van der Waals surface area contributed by atoms with E-state index >= 15 is 0 Å². The minimum atomic E-state index is -4.90. The number of halogens is 6. The third-order valence-corrected chi connectivity index (χ3v) is 6.40. The van der Waals surface area contributed by atoms with E-state index in [1.54, 1.807) is 0 Å². The lowest BCUT2D eigenvalue weighted by molar-refractivity contribution is -0.143. The molecule has 0 spiro atoms. The van der Waals surface area contributed by atoms with E-state index in [4.69, 9.17) is 9.47 Å². The molecule has 0 aliphatic carbocycles. The third-order valence-electron chi connectivity index (χ3n) is 6.40. The standard InChI is InChI=1S/C25H28F6N6O2/c26-24(27,28)20-12-18(13-21(14-20)25(29,30)31)15-39-16-22(19-4-2-1-3-5-19)37-8-6-36(7-9-37)10-11-38-17-23-32-34-35-33-23/h1-5,12-14,22H,6-11,15-17H2,(H,32,33,34,35). The highest BCUT2D eigenvalue weighted by molar-refractivity contribution is 5.33. The van der Waals surface area contributed by atoms with Gasteiger partial charge < -0.3 is 9.47 Å². The van der Waals surface area contributed by atoms with Gasteiger partial charge >= 0.3 is 12.4 Å². The van der Waals surface area contributed by atoms with Crippen molar-refractivity contribution in [2.24, 2.45) is 0 Å². The van der Waals surface area contributed by atoms with Crippen LogP contribution in [-0.2, 0) is 35.0 Å². The van der Waals surface area contributed by atoms with Crippen molar-refractivity contribution < 1.29 is 35.8 Å². The molecule has 4 rings (SSSR count). The number of nitrogens with zero attached hydrogens (tertiary/aromatic N) is 5. The first kappa shape index (κ1) is 28.9. The monoisotopic (exact) mass is 558 g/mol. The van der Waals surface area contributed by atoms with Crippen molar-refractivity contribution >= 4 is 0 Å². The Labute approximate surface area is 220 Å². The first-order valence-electron chi connectivity index (χ1n) is 12.3. The fourth-order valence-electron chi connectivity index (χ4n) is 4.38. The van der Waals surface area contributed by atoms with Crippen LogP contribution >= 0.6 is 0 Å². The van der Waals surface area contributed by atoms with E-state index in [9.17, 15) is 26.3 Å². The highest BCUT2D eigenvalue weighted by Crippen LogP contribution is 2.36. The molecule has 3 aromatic rings. The SMILES string of the molecule is FC(F)(F)c1cc(COCC(c2ccccc2)N2CCN(CCOCc3nnn[nH]3)CC2)cc(C(F)(F)F)c1. The zero-order valence-corrected chi connectivity index (χ0v) is 20.9. The normalized spacial score (nSPS) is 16.5. The van der Waals surface area contributed by atoms with Crippen molar-refractivity contribution in [3.8, 4) is 0 Å². The third kappa shape index (κ3) is 8.46. The predicted octanol–water partition coefficient (Wildman–Crippen LogP) is 4.33. The van der Waals surface area contributed by atoms with E-state index in [1.807, 2.05) is 30.3 Å². The molecule has 1 unspecified atom stereocenters. The number of aromatic amines is 1. The number of nitrogens with one attached hydrogen (secondary N) is 1. The zero-order chi connectivity index (χ0) is 27.9. The molecule has 14 heteroatoms. The Bertz CT molecular complexity index is 1120. The molecular formula is C25H28F6N6O2. The number of rotatable bonds is 11. The van der Waals surface area contributed by atoms with Gasteiger partial charge in [-0.05, 0) is 39.8 Å². The fourth-order valence-corrected chi connectivity index (χ4v) is 4.38. The summed E-state index contributed by atoms with van der Waals surface area (Å²) in [5.74, 6) is 0.547. The maximum atomic E-state index is 13.2. The van der Waals surface area contributed by atoms with E-state index in [0.29, 0.717) is 37.7 Å². The van der Waals surface area contributed by atoms with Gasteiger partial charge in [0.05, 0.1) is 37.0 Å². The van der Waals surface area contributed by atoms with Crippen molar-refractivity contribution in [1.82, 2.24) is 30.4 Å². The molecule has 2 aromatic carbocycles. The van der Waals surface area contributed by atoms with Crippen LogP contribution in [0, 0.1) is 0 Å². The molecule has 1 fully saturated rings. The smallest absolute Gasteiger partial charge is 0.375 e. The summed E-state index contributed by atoms with van der Waals surface area (Å²) in [5.41, 5.74) is -1.94. The average Bonchev–Trinajstić information content (AvgIpc) is 3.43. The van der Waals surface area contributed by atoms with Crippen LogP contribution < -0.4 is 0 Å². The van der Waals surface area contributed by atoms with Crippen molar-refractivity contribution in [2.45, 2.75) is 31.6 Å². The van der Waals surface area contributed by atoms with Crippen LogP contribution in [0.1, 0.15) is 34.1 Å². The van der Waals surface area contributed by atoms with Crippen LogP contribution in [0.25, 0.3) is 0 Å². The van der Waals surface area contributed by atoms with E-state index in [0.717, 1.165) is 25.2 Å². The molecule has 0 radical (unpaired) electrons. The first-order chi connectivity index (χ1) is 18.6. The van der Waals surface area contributed by atoms with Gasteiger partial charge in [-0.25, -0.2) is 5.10 Å². The van der Waals surface area contributed by atoms with Gasteiger partial charge in [0, 0.05) is 32.7 Å². The molecule has 1 aliphatic rings. The molecule has 39 heavy (non-hydrogen) atoms. The Morgan fingerprint density at radius 1 is 0.846 bits per heavy atom. The largest absolute Gasteiger partial charge is 0.416 e. The van der Waals surface area contributed by atoms with Crippen LogP contribution in [0.3, 0.4) is 0 Å². The molecule has 0 amide bonds. The second kappa shape index (κ2) is 12.9. The number of piperazine rings is 1. The molecule has 1 N–H and O–H groups in total. The molecule has 0 saturated carbocycles. The Balaban J connectivity index is 1.34. The molecule has 1 atom stereocenters. The quantitative estimate of drug-likeness (QED) is 0.277. The lowest BCUT2D eigenvalue weighted by Gasteiger charge is -2.39. The summed E-state index contributed by atoms with van der Waals surface area (Å²) in [5, 5.41) is 13.4. The number of H-pyrrole nitrogens is 1. The van der Waals surface area contributed by atoms with Gasteiger partial charge in [0.1, 0.15) is 6.61 Å². The number of aromatic nitrogens is 4. The summed E-state index contributed by atoms with van der Waals surface area (Å²) in [7, 11) is 0. The number of benzene rings is 2. The molecule has 0 bridgehead atoms. The lowest BCUT2D eigenvalue weighted by atomic mass is 10.0.